The lowest BCUT2D eigenvalue weighted by Crippen LogP contribution is -2.21. The van der Waals surface area contributed by atoms with Gasteiger partial charge in [-0.1, -0.05) is 25.5 Å². The number of pyridine rings is 1. The first-order chi connectivity index (χ1) is 12.1. The average molecular weight is 343 g/mol. The second kappa shape index (κ2) is 9.52. The Morgan fingerprint density at radius 2 is 1.96 bits per heavy atom. The van der Waals surface area contributed by atoms with Gasteiger partial charge in [0.25, 0.3) is 5.91 Å². The number of carbonyl (C=O) groups excluding carboxylic acids is 1. The maximum absolute atomic E-state index is 12.0. The Morgan fingerprint density at radius 3 is 2.60 bits per heavy atom. The van der Waals surface area contributed by atoms with Gasteiger partial charge in [-0.3, -0.25) is 4.79 Å². The Morgan fingerprint density at radius 1 is 1.20 bits per heavy atom. The molecule has 1 N–H and O–H groups in total. The normalized spacial score (nSPS) is 10.2. The van der Waals surface area contributed by atoms with Crippen LogP contribution in [0, 0.1) is 0 Å². The number of hydrogen-bond donors (Lipinski definition) is 1. The molecule has 0 bridgehead atoms. The molecule has 0 unspecified atom stereocenters. The van der Waals surface area contributed by atoms with E-state index in [0.717, 1.165) is 25.1 Å². The van der Waals surface area contributed by atoms with Crippen molar-refractivity contribution in [3.8, 4) is 11.5 Å². The van der Waals surface area contributed by atoms with Gasteiger partial charge in [-0.15, -0.1) is 0 Å². The Bertz CT molecular complexity index is 674. The van der Waals surface area contributed by atoms with E-state index in [1.54, 1.807) is 31.5 Å². The maximum atomic E-state index is 12.0. The molecule has 1 amide bonds. The van der Waals surface area contributed by atoms with Gasteiger partial charge in [-0.2, -0.15) is 0 Å². The molecule has 0 fully saturated rings. The smallest absolute Gasteiger partial charge is 0.263 e. The molecule has 2 aromatic rings. The highest BCUT2D eigenvalue weighted by Gasteiger charge is 2.08. The first-order valence-corrected chi connectivity index (χ1v) is 8.37. The summed E-state index contributed by atoms with van der Waals surface area (Å²) in [6.45, 7) is 3.04. The van der Waals surface area contributed by atoms with E-state index < -0.39 is 0 Å². The third kappa shape index (κ3) is 5.67. The van der Waals surface area contributed by atoms with Crippen molar-refractivity contribution in [3.05, 3.63) is 42.6 Å². The topological polar surface area (TPSA) is 63.7 Å². The van der Waals surface area contributed by atoms with E-state index in [1.807, 2.05) is 25.2 Å². The molecule has 6 heteroatoms. The predicted molar refractivity (Wildman–Crippen MR) is 99.5 cm³/mol. The summed E-state index contributed by atoms with van der Waals surface area (Å²) in [5, 5.41) is 2.72. The minimum absolute atomic E-state index is 0.111. The molecule has 6 nitrogen and oxygen atoms in total. The number of anilines is 2. The molecule has 2 rings (SSSR count). The molecular weight excluding hydrogens is 318 g/mol. The molecule has 1 heterocycles. The number of unbranched alkanes of at least 4 members (excludes halogenated alkanes) is 1. The van der Waals surface area contributed by atoms with Crippen molar-refractivity contribution < 1.29 is 14.3 Å². The number of hydrogen-bond acceptors (Lipinski definition) is 5. The molecule has 0 aliphatic carbocycles. The monoisotopic (exact) mass is 343 g/mol. The summed E-state index contributed by atoms with van der Waals surface area (Å²) in [4.78, 5) is 18.4. The van der Waals surface area contributed by atoms with Crippen LogP contribution in [-0.4, -0.2) is 38.2 Å². The fourth-order valence-corrected chi connectivity index (χ4v) is 2.27. The molecule has 1 aromatic carbocycles. The van der Waals surface area contributed by atoms with Gasteiger partial charge in [0.15, 0.2) is 18.1 Å². The van der Waals surface area contributed by atoms with Crippen LogP contribution < -0.4 is 19.7 Å². The van der Waals surface area contributed by atoms with Crippen molar-refractivity contribution in [2.45, 2.75) is 19.8 Å². The van der Waals surface area contributed by atoms with Crippen LogP contribution in [0.5, 0.6) is 11.5 Å². The first kappa shape index (κ1) is 18.6. The van der Waals surface area contributed by atoms with Crippen molar-refractivity contribution >= 4 is 17.4 Å². The second-order valence-corrected chi connectivity index (χ2v) is 5.66. The van der Waals surface area contributed by atoms with Gasteiger partial charge >= 0.3 is 0 Å². The summed E-state index contributed by atoms with van der Waals surface area (Å²) in [6, 6.07) is 10.9. The number of para-hydroxylation sites is 2. The van der Waals surface area contributed by atoms with Crippen LogP contribution in [0.25, 0.3) is 0 Å². The van der Waals surface area contributed by atoms with Gasteiger partial charge in [0.1, 0.15) is 5.82 Å². The van der Waals surface area contributed by atoms with E-state index in [2.05, 4.69) is 22.1 Å². The van der Waals surface area contributed by atoms with Crippen molar-refractivity contribution in [3.63, 3.8) is 0 Å². The zero-order valence-electron chi connectivity index (χ0n) is 15.0. The fourth-order valence-electron chi connectivity index (χ4n) is 2.27. The molecule has 0 aliphatic rings. The summed E-state index contributed by atoms with van der Waals surface area (Å²) in [6.07, 6.45) is 4.04. The molecular formula is C19H25N3O3. The highest BCUT2D eigenvalue weighted by Crippen LogP contribution is 2.25. The number of aromatic nitrogens is 1. The lowest BCUT2D eigenvalue weighted by Gasteiger charge is -2.18. The Labute approximate surface area is 148 Å². The van der Waals surface area contributed by atoms with Gasteiger partial charge in [0.2, 0.25) is 0 Å². The van der Waals surface area contributed by atoms with Crippen LogP contribution in [-0.2, 0) is 4.79 Å². The Kier molecular flexibility index (Phi) is 7.07. The van der Waals surface area contributed by atoms with Gasteiger partial charge < -0.3 is 19.7 Å². The number of carbonyl (C=O) groups is 1. The second-order valence-electron chi connectivity index (χ2n) is 5.66. The number of ether oxygens (including phenoxy) is 2. The standard InChI is InChI=1S/C19H25N3O3/c1-4-5-12-22(2)15-10-11-18(20-13-15)21-19(23)14-25-17-9-7-6-8-16(17)24-3/h6-11,13H,4-5,12,14H2,1-3H3,(H,20,21,23). The van der Waals surface area contributed by atoms with Crippen molar-refractivity contribution in [2.75, 3.05) is 37.5 Å². The van der Waals surface area contributed by atoms with Gasteiger partial charge in [0.05, 0.1) is 19.0 Å². The van der Waals surface area contributed by atoms with E-state index >= 15 is 0 Å². The number of nitrogens with one attached hydrogen (secondary N) is 1. The molecule has 0 aliphatic heterocycles. The maximum Gasteiger partial charge on any atom is 0.263 e. The zero-order valence-corrected chi connectivity index (χ0v) is 15.0. The summed E-state index contributed by atoms with van der Waals surface area (Å²) >= 11 is 0. The molecule has 0 atom stereocenters. The highest BCUT2D eigenvalue weighted by atomic mass is 16.5. The Hall–Kier alpha value is -2.76. The number of benzene rings is 1. The van der Waals surface area contributed by atoms with Crippen molar-refractivity contribution in [1.82, 2.24) is 4.98 Å². The van der Waals surface area contributed by atoms with Crippen LogP contribution in [0.1, 0.15) is 19.8 Å². The number of nitrogens with zero attached hydrogens (tertiary/aromatic N) is 2. The molecule has 0 saturated carbocycles. The molecule has 0 saturated heterocycles. The predicted octanol–water partition coefficient (Wildman–Crippen LogP) is 3.34. The zero-order chi connectivity index (χ0) is 18.1. The van der Waals surface area contributed by atoms with E-state index in [-0.39, 0.29) is 12.5 Å². The minimum atomic E-state index is -0.273. The summed E-state index contributed by atoms with van der Waals surface area (Å²) in [5.41, 5.74) is 1.02. The molecule has 0 radical (unpaired) electrons. The van der Waals surface area contributed by atoms with E-state index in [9.17, 15) is 4.79 Å². The average Bonchev–Trinajstić information content (AvgIpc) is 2.65. The quantitative estimate of drug-likeness (QED) is 0.756. The third-order valence-electron chi connectivity index (χ3n) is 3.73. The van der Waals surface area contributed by atoms with Gasteiger partial charge in [0, 0.05) is 13.6 Å². The SMILES string of the molecule is CCCCN(C)c1ccc(NC(=O)COc2ccccc2OC)nc1. The van der Waals surface area contributed by atoms with E-state index in [4.69, 9.17) is 9.47 Å². The van der Waals surface area contributed by atoms with Crippen molar-refractivity contribution in [1.29, 1.82) is 0 Å². The van der Waals surface area contributed by atoms with Gasteiger partial charge in [-0.05, 0) is 30.7 Å². The lowest BCUT2D eigenvalue weighted by molar-refractivity contribution is -0.118. The Balaban J connectivity index is 1.86. The van der Waals surface area contributed by atoms with Crippen LogP contribution in [0.4, 0.5) is 11.5 Å². The minimum Gasteiger partial charge on any atom is -0.493 e. The molecule has 1 aromatic heterocycles. The number of rotatable bonds is 9. The summed E-state index contributed by atoms with van der Waals surface area (Å²) in [5.74, 6) is 1.35. The van der Waals surface area contributed by atoms with Crippen LogP contribution in [0.3, 0.4) is 0 Å². The highest BCUT2D eigenvalue weighted by molar-refractivity contribution is 5.91. The van der Waals surface area contributed by atoms with Crippen molar-refractivity contribution in [2.24, 2.45) is 0 Å². The summed E-state index contributed by atoms with van der Waals surface area (Å²) < 4.78 is 10.7. The van der Waals surface area contributed by atoms with Gasteiger partial charge in [-0.25, -0.2) is 4.98 Å². The summed E-state index contributed by atoms with van der Waals surface area (Å²) in [7, 11) is 3.59. The molecule has 134 valence electrons. The van der Waals surface area contributed by atoms with E-state index in [1.165, 1.54) is 0 Å². The van der Waals surface area contributed by atoms with Crippen LogP contribution >= 0.6 is 0 Å². The molecule has 25 heavy (non-hydrogen) atoms. The largest absolute Gasteiger partial charge is 0.493 e. The molecule has 0 spiro atoms. The lowest BCUT2D eigenvalue weighted by atomic mass is 10.3. The first-order valence-electron chi connectivity index (χ1n) is 8.37. The number of amides is 1. The fraction of sp³-hybridized carbons (Fsp3) is 0.368. The van der Waals surface area contributed by atoms with E-state index in [0.29, 0.717) is 17.3 Å². The third-order valence-corrected chi connectivity index (χ3v) is 3.73. The number of methoxy groups -OCH3 is 1. The van der Waals surface area contributed by atoms with Crippen LogP contribution in [0.15, 0.2) is 42.6 Å². The van der Waals surface area contributed by atoms with Crippen LogP contribution in [0.2, 0.25) is 0 Å².